The monoisotopic (exact) mass is 341 g/mol. The Morgan fingerprint density at radius 1 is 1.36 bits per heavy atom. The number of rotatable bonds is 5. The summed E-state index contributed by atoms with van der Waals surface area (Å²) < 4.78 is 11.6. The van der Waals surface area contributed by atoms with Crippen LogP contribution in [0.15, 0.2) is 22.6 Å². The average Bonchev–Trinajstić information content (AvgIpc) is 2.97. The van der Waals surface area contributed by atoms with Crippen LogP contribution in [0.3, 0.4) is 0 Å². The van der Waals surface area contributed by atoms with Gasteiger partial charge in [-0.15, -0.1) is 0 Å². The molecule has 0 aliphatic heterocycles. The van der Waals surface area contributed by atoms with Gasteiger partial charge in [0.25, 0.3) is 0 Å². The fraction of sp³-hybridized carbons (Fsp3) is 0.476. The van der Waals surface area contributed by atoms with E-state index in [1.807, 2.05) is 19.9 Å². The number of ether oxygens (including phenoxy) is 1. The fourth-order valence-electron chi connectivity index (χ4n) is 3.43. The van der Waals surface area contributed by atoms with Crippen molar-refractivity contribution in [3.63, 3.8) is 0 Å². The number of methoxy groups -OCH3 is 1. The van der Waals surface area contributed by atoms with Crippen molar-refractivity contribution in [2.45, 2.75) is 58.9 Å². The molecule has 1 unspecified atom stereocenters. The highest BCUT2D eigenvalue weighted by Gasteiger charge is 2.20. The quantitative estimate of drug-likeness (QED) is 0.806. The van der Waals surface area contributed by atoms with Crippen molar-refractivity contribution in [3.8, 4) is 5.75 Å². The van der Waals surface area contributed by atoms with Crippen LogP contribution in [-0.4, -0.2) is 19.1 Å². The van der Waals surface area contributed by atoms with E-state index in [-0.39, 0.29) is 11.9 Å². The smallest absolute Gasteiger partial charge is 0.244 e. The minimum Gasteiger partial charge on any atom is -0.496 e. The summed E-state index contributed by atoms with van der Waals surface area (Å²) in [7, 11) is 1.65. The number of amides is 1. The molecule has 0 saturated carbocycles. The number of aryl methyl sites for hydroxylation is 2. The lowest BCUT2D eigenvalue weighted by Gasteiger charge is -2.12. The van der Waals surface area contributed by atoms with Crippen molar-refractivity contribution in [1.82, 2.24) is 5.32 Å². The van der Waals surface area contributed by atoms with Crippen molar-refractivity contribution in [2.75, 3.05) is 7.11 Å². The summed E-state index contributed by atoms with van der Waals surface area (Å²) in [6.45, 7) is 6.01. The first-order chi connectivity index (χ1) is 12.0. The van der Waals surface area contributed by atoms with Crippen LogP contribution in [0.1, 0.15) is 56.9 Å². The third-order valence-electron chi connectivity index (χ3n) is 5.05. The number of benzene rings is 1. The molecule has 134 valence electrons. The maximum absolute atomic E-state index is 12.2. The van der Waals surface area contributed by atoms with E-state index in [2.05, 4.69) is 18.3 Å². The van der Waals surface area contributed by atoms with Crippen LogP contribution < -0.4 is 10.1 Å². The molecule has 0 spiro atoms. The number of furan rings is 1. The Bertz CT molecular complexity index is 816. The Hall–Kier alpha value is -2.23. The van der Waals surface area contributed by atoms with Crippen molar-refractivity contribution >= 4 is 22.4 Å². The second-order valence-corrected chi connectivity index (χ2v) is 6.90. The Labute approximate surface area is 149 Å². The van der Waals surface area contributed by atoms with Crippen molar-refractivity contribution in [2.24, 2.45) is 0 Å². The molecule has 3 rings (SSSR count). The van der Waals surface area contributed by atoms with E-state index in [0.29, 0.717) is 0 Å². The second kappa shape index (κ2) is 7.34. The summed E-state index contributed by atoms with van der Waals surface area (Å²) in [5.74, 6) is 1.78. The van der Waals surface area contributed by atoms with Gasteiger partial charge >= 0.3 is 0 Å². The third-order valence-corrected chi connectivity index (χ3v) is 5.05. The summed E-state index contributed by atoms with van der Waals surface area (Å²) in [6.07, 6.45) is 7.03. The highest BCUT2D eigenvalue weighted by molar-refractivity contribution is 5.97. The number of allylic oxidation sites excluding steroid dienone is 1. The molecule has 1 aromatic carbocycles. The van der Waals surface area contributed by atoms with Gasteiger partial charge in [0.2, 0.25) is 5.91 Å². The van der Waals surface area contributed by atoms with E-state index in [1.54, 1.807) is 13.2 Å². The summed E-state index contributed by atoms with van der Waals surface area (Å²) in [5.41, 5.74) is 4.04. The largest absolute Gasteiger partial charge is 0.496 e. The lowest BCUT2D eigenvalue weighted by atomic mass is 9.94. The van der Waals surface area contributed by atoms with E-state index in [4.69, 9.17) is 9.15 Å². The average molecular weight is 341 g/mol. The minimum absolute atomic E-state index is 0.0665. The first kappa shape index (κ1) is 17.6. The Kier molecular flexibility index (Phi) is 5.16. The normalized spacial score (nSPS) is 15.8. The Morgan fingerprint density at radius 2 is 2.12 bits per heavy atom. The molecule has 1 aliphatic carbocycles. The van der Waals surface area contributed by atoms with Crippen LogP contribution in [0.25, 0.3) is 16.5 Å². The van der Waals surface area contributed by atoms with Crippen molar-refractivity contribution < 1.29 is 13.9 Å². The number of carbonyl (C=O) groups is 1. The zero-order valence-electron chi connectivity index (χ0n) is 15.6. The molecule has 2 aromatic rings. The van der Waals surface area contributed by atoms with Gasteiger partial charge in [0.15, 0.2) is 0 Å². The van der Waals surface area contributed by atoms with Crippen LogP contribution in [0.5, 0.6) is 5.75 Å². The second-order valence-electron chi connectivity index (χ2n) is 6.90. The fourth-order valence-corrected chi connectivity index (χ4v) is 3.43. The van der Waals surface area contributed by atoms with E-state index in [0.717, 1.165) is 52.9 Å². The van der Waals surface area contributed by atoms with Crippen molar-refractivity contribution in [1.29, 1.82) is 0 Å². The van der Waals surface area contributed by atoms with Gasteiger partial charge in [-0.25, -0.2) is 0 Å². The highest BCUT2D eigenvalue weighted by Crippen LogP contribution is 2.37. The van der Waals surface area contributed by atoms with Gasteiger partial charge in [-0.3, -0.25) is 4.79 Å². The molecule has 1 amide bonds. The lowest BCUT2D eigenvalue weighted by Crippen LogP contribution is -2.30. The lowest BCUT2D eigenvalue weighted by molar-refractivity contribution is -0.117. The maximum Gasteiger partial charge on any atom is 0.244 e. The maximum atomic E-state index is 12.2. The molecule has 25 heavy (non-hydrogen) atoms. The molecule has 4 nitrogen and oxygen atoms in total. The zero-order chi connectivity index (χ0) is 18.0. The molecular formula is C21H27NO3. The summed E-state index contributed by atoms with van der Waals surface area (Å²) >= 11 is 0. The van der Waals surface area contributed by atoms with Crippen LogP contribution in [-0.2, 0) is 17.6 Å². The molecule has 1 aliphatic rings. The molecule has 1 atom stereocenters. The predicted octanol–water partition coefficient (Wildman–Crippen LogP) is 4.64. The number of nitrogens with one attached hydrogen (secondary N) is 1. The topological polar surface area (TPSA) is 51.5 Å². The molecular weight excluding hydrogens is 314 g/mol. The molecule has 1 aromatic heterocycles. The summed E-state index contributed by atoms with van der Waals surface area (Å²) in [6, 6.07) is 4.23. The third kappa shape index (κ3) is 3.58. The predicted molar refractivity (Wildman–Crippen MR) is 101 cm³/mol. The van der Waals surface area contributed by atoms with Crippen LogP contribution >= 0.6 is 0 Å². The van der Waals surface area contributed by atoms with E-state index in [9.17, 15) is 4.79 Å². The molecule has 0 saturated heterocycles. The van der Waals surface area contributed by atoms with Crippen molar-refractivity contribution in [3.05, 3.63) is 35.1 Å². The van der Waals surface area contributed by atoms with Gasteiger partial charge < -0.3 is 14.5 Å². The molecule has 0 fully saturated rings. The minimum atomic E-state index is -0.0665. The Balaban J connectivity index is 2.00. The van der Waals surface area contributed by atoms with Gasteiger partial charge in [0, 0.05) is 41.1 Å². The molecule has 0 bridgehead atoms. The zero-order valence-corrected chi connectivity index (χ0v) is 15.6. The van der Waals surface area contributed by atoms with Gasteiger partial charge in [0.1, 0.15) is 17.1 Å². The molecule has 1 heterocycles. The standard InChI is InChI=1S/C21H27NO3/c1-5-14(3)22-21(23)10-13(2)16-11-17-15-8-6-7-9-18(15)25-20(17)12-19(16)24-4/h10-12,14H,5-9H2,1-4H3,(H,22,23)/b13-10+. The molecule has 0 radical (unpaired) electrons. The van der Waals surface area contributed by atoms with Crippen LogP contribution in [0.4, 0.5) is 0 Å². The van der Waals surface area contributed by atoms with Crippen LogP contribution in [0.2, 0.25) is 0 Å². The number of hydrogen-bond acceptors (Lipinski definition) is 3. The Morgan fingerprint density at radius 3 is 2.84 bits per heavy atom. The number of fused-ring (bicyclic) bond motifs is 3. The van der Waals surface area contributed by atoms with Gasteiger partial charge in [-0.05, 0) is 51.2 Å². The first-order valence-electron chi connectivity index (χ1n) is 9.15. The van der Waals surface area contributed by atoms with E-state index in [1.165, 1.54) is 18.4 Å². The highest BCUT2D eigenvalue weighted by atomic mass is 16.5. The van der Waals surface area contributed by atoms with Gasteiger partial charge in [-0.2, -0.15) is 0 Å². The number of hydrogen-bond donors (Lipinski definition) is 1. The van der Waals surface area contributed by atoms with E-state index >= 15 is 0 Å². The SMILES string of the molecule is CCC(C)NC(=O)/C=C(\C)c1cc2c3c(oc2cc1OC)CCCC3. The summed E-state index contributed by atoms with van der Waals surface area (Å²) in [4.78, 5) is 12.2. The molecule has 4 heteroatoms. The van der Waals surface area contributed by atoms with E-state index < -0.39 is 0 Å². The van der Waals surface area contributed by atoms with Crippen LogP contribution in [0, 0.1) is 0 Å². The summed E-state index contributed by atoms with van der Waals surface area (Å²) in [5, 5.41) is 4.13. The molecule has 1 N–H and O–H groups in total. The van der Waals surface area contributed by atoms with Gasteiger partial charge in [0.05, 0.1) is 7.11 Å². The first-order valence-corrected chi connectivity index (χ1v) is 9.15. The van der Waals surface area contributed by atoms with Gasteiger partial charge in [-0.1, -0.05) is 6.92 Å². The number of carbonyl (C=O) groups excluding carboxylic acids is 1.